The van der Waals surface area contributed by atoms with E-state index in [-0.39, 0.29) is 12.2 Å². The highest BCUT2D eigenvalue weighted by Gasteiger charge is 2.21. The van der Waals surface area contributed by atoms with Crippen LogP contribution in [0.2, 0.25) is 0 Å². The number of carbonyl (C=O) groups excluding carboxylic acids is 1. The number of nitrogens with one attached hydrogen (secondary N) is 2. The smallest absolute Gasteiger partial charge is 0.341 e. The lowest BCUT2D eigenvalue weighted by molar-refractivity contribution is 0.0529. The third-order valence-electron chi connectivity index (χ3n) is 4.79. The molecular weight excluding hydrogens is 490 g/mol. The van der Waals surface area contributed by atoms with Crippen LogP contribution in [-0.2, 0) is 4.74 Å². The molecule has 2 N–H and O–H groups in total. The van der Waals surface area contributed by atoms with Crippen LogP contribution in [0, 0.1) is 0 Å². The predicted molar refractivity (Wildman–Crippen MR) is 133 cm³/mol. The van der Waals surface area contributed by atoms with Crippen LogP contribution in [0.3, 0.4) is 0 Å². The summed E-state index contributed by atoms with van der Waals surface area (Å²) in [5.74, 6) is -0.423. The third kappa shape index (κ3) is 4.32. The first-order valence-electron chi connectivity index (χ1n) is 9.86. The van der Waals surface area contributed by atoms with Gasteiger partial charge in [0, 0.05) is 21.6 Å². The van der Waals surface area contributed by atoms with Crippen LogP contribution in [0.5, 0.6) is 0 Å². The van der Waals surface area contributed by atoms with E-state index < -0.39 is 5.97 Å². The molecule has 0 unspecified atom stereocenters. The van der Waals surface area contributed by atoms with Crippen molar-refractivity contribution in [2.24, 2.45) is 0 Å². The molecule has 0 radical (unpaired) electrons. The Morgan fingerprint density at radius 2 is 1.94 bits per heavy atom. The Balaban J connectivity index is 1.76. The zero-order chi connectivity index (χ0) is 22.7. The second-order valence-corrected chi connectivity index (χ2v) is 8.65. The molecule has 2 heterocycles. The van der Waals surface area contributed by atoms with Crippen molar-refractivity contribution in [3.8, 4) is 16.8 Å². The van der Waals surface area contributed by atoms with E-state index in [2.05, 4.69) is 32.9 Å². The highest BCUT2D eigenvalue weighted by molar-refractivity contribution is 9.10. The third-order valence-corrected chi connectivity index (χ3v) is 6.23. The van der Waals surface area contributed by atoms with E-state index in [1.54, 1.807) is 13.1 Å². The monoisotopic (exact) mass is 509 g/mol. The molecule has 4 aromatic rings. The zero-order valence-electron chi connectivity index (χ0n) is 17.2. The lowest BCUT2D eigenvalue weighted by Crippen LogP contribution is -2.34. The Morgan fingerprint density at radius 1 is 1.22 bits per heavy atom. The maximum absolute atomic E-state index is 12.9. The van der Waals surface area contributed by atoms with Gasteiger partial charge >= 0.3 is 5.97 Å². The molecule has 2 aromatic carbocycles. The van der Waals surface area contributed by atoms with Crippen molar-refractivity contribution in [1.29, 1.82) is 0 Å². The van der Waals surface area contributed by atoms with Gasteiger partial charge in [-0.1, -0.05) is 52.8 Å². The van der Waals surface area contributed by atoms with Crippen LogP contribution < -0.4 is 21.4 Å². The van der Waals surface area contributed by atoms with E-state index in [1.165, 1.54) is 16.0 Å². The summed E-state index contributed by atoms with van der Waals surface area (Å²) in [5.41, 5.74) is 2.56. The number of aromatic amines is 1. The summed E-state index contributed by atoms with van der Waals surface area (Å²) in [4.78, 5) is 25.7. The number of benzene rings is 2. The SMILES string of the molecule is C=c1[nH]n(-c2ccccc2)c(=O)/c1=C\Nc1scc(-c2ccc(Br)cc2)c1C(=O)OCC. The zero-order valence-corrected chi connectivity index (χ0v) is 19.6. The molecule has 0 spiro atoms. The van der Waals surface area contributed by atoms with E-state index in [0.29, 0.717) is 26.8 Å². The fourth-order valence-electron chi connectivity index (χ4n) is 3.25. The lowest BCUT2D eigenvalue weighted by atomic mass is 10.0. The minimum atomic E-state index is -0.423. The summed E-state index contributed by atoms with van der Waals surface area (Å²) in [7, 11) is 0. The van der Waals surface area contributed by atoms with E-state index in [4.69, 9.17) is 4.74 Å². The van der Waals surface area contributed by atoms with E-state index in [1.807, 2.05) is 60.0 Å². The Hall–Kier alpha value is -3.36. The minimum Gasteiger partial charge on any atom is -0.462 e. The van der Waals surface area contributed by atoms with Crippen LogP contribution >= 0.6 is 27.3 Å². The number of para-hydroxylation sites is 1. The number of ether oxygens (including phenoxy) is 1. The van der Waals surface area contributed by atoms with Crippen molar-refractivity contribution in [2.45, 2.75) is 6.92 Å². The minimum absolute atomic E-state index is 0.240. The first-order chi connectivity index (χ1) is 15.5. The number of aromatic nitrogens is 2. The van der Waals surface area contributed by atoms with Gasteiger partial charge < -0.3 is 10.1 Å². The van der Waals surface area contributed by atoms with Gasteiger partial charge in [0.1, 0.15) is 10.6 Å². The summed E-state index contributed by atoms with van der Waals surface area (Å²) in [6.07, 6.45) is 1.57. The standard InChI is InChI=1S/C24H20BrN3O3S/c1-3-31-24(30)21-20(16-9-11-17(25)12-10-16)14-32-22(21)26-13-19-15(2)27-28(23(19)29)18-7-5-4-6-8-18/h4-14,26-27H,2-3H2,1H3/b19-13-. The molecule has 0 atom stereocenters. The Labute approximate surface area is 196 Å². The van der Waals surface area contributed by atoms with Crippen LogP contribution in [-0.4, -0.2) is 22.4 Å². The second-order valence-electron chi connectivity index (χ2n) is 6.85. The van der Waals surface area contributed by atoms with Gasteiger partial charge in [0.25, 0.3) is 5.56 Å². The fourth-order valence-corrected chi connectivity index (χ4v) is 4.44. The number of nitrogens with zero attached hydrogens (tertiary/aromatic N) is 1. The van der Waals surface area contributed by atoms with Gasteiger partial charge in [-0.2, -0.15) is 0 Å². The Morgan fingerprint density at radius 3 is 2.62 bits per heavy atom. The Bertz CT molecular complexity index is 1420. The van der Waals surface area contributed by atoms with Crippen molar-refractivity contribution in [3.05, 3.63) is 90.9 Å². The fraction of sp³-hybridized carbons (Fsp3) is 0.0833. The number of H-pyrrole nitrogens is 1. The highest BCUT2D eigenvalue weighted by Crippen LogP contribution is 2.36. The number of esters is 1. The molecule has 4 rings (SSSR count). The maximum atomic E-state index is 12.9. The van der Waals surface area contributed by atoms with Crippen LogP contribution in [0.15, 0.2) is 69.2 Å². The maximum Gasteiger partial charge on any atom is 0.341 e. The molecular formula is C24H20BrN3O3S. The Kier molecular flexibility index (Phi) is 6.43. The normalized spacial score (nSPS) is 11.5. The summed E-state index contributed by atoms with van der Waals surface area (Å²) < 4.78 is 7.68. The van der Waals surface area contributed by atoms with Crippen molar-refractivity contribution in [1.82, 2.24) is 9.78 Å². The van der Waals surface area contributed by atoms with Crippen molar-refractivity contribution in [2.75, 3.05) is 11.9 Å². The average molecular weight is 510 g/mol. The topological polar surface area (TPSA) is 76.1 Å². The molecule has 0 bridgehead atoms. The summed E-state index contributed by atoms with van der Waals surface area (Å²) in [5, 5.41) is 9.45. The number of hydrogen-bond acceptors (Lipinski definition) is 5. The molecule has 6 nitrogen and oxygen atoms in total. The lowest BCUT2D eigenvalue weighted by Gasteiger charge is -2.07. The van der Waals surface area contributed by atoms with Gasteiger partial charge in [0.2, 0.25) is 0 Å². The molecule has 8 heteroatoms. The average Bonchev–Trinajstić information content (AvgIpc) is 3.34. The van der Waals surface area contributed by atoms with Crippen molar-refractivity contribution >= 4 is 51.0 Å². The number of anilines is 1. The van der Waals surface area contributed by atoms with E-state index in [9.17, 15) is 9.59 Å². The highest BCUT2D eigenvalue weighted by atomic mass is 79.9. The van der Waals surface area contributed by atoms with Crippen molar-refractivity contribution in [3.63, 3.8) is 0 Å². The van der Waals surface area contributed by atoms with E-state index in [0.717, 1.165) is 15.6 Å². The number of halogens is 1. The largest absolute Gasteiger partial charge is 0.462 e. The molecule has 0 aliphatic carbocycles. The molecule has 0 saturated heterocycles. The van der Waals surface area contributed by atoms with Gasteiger partial charge in [0.15, 0.2) is 0 Å². The van der Waals surface area contributed by atoms with Gasteiger partial charge in [-0.25, -0.2) is 9.48 Å². The van der Waals surface area contributed by atoms with Gasteiger partial charge in [0.05, 0.1) is 22.9 Å². The van der Waals surface area contributed by atoms with Crippen molar-refractivity contribution < 1.29 is 9.53 Å². The summed E-state index contributed by atoms with van der Waals surface area (Å²) in [6, 6.07) is 17.0. The van der Waals surface area contributed by atoms with Gasteiger partial charge in [-0.15, -0.1) is 11.3 Å². The molecule has 0 fully saturated rings. The quantitative estimate of drug-likeness (QED) is 0.383. The molecule has 162 valence electrons. The molecule has 32 heavy (non-hydrogen) atoms. The summed E-state index contributed by atoms with van der Waals surface area (Å²) >= 11 is 4.80. The number of carbonyl (C=O) groups is 1. The first-order valence-corrected chi connectivity index (χ1v) is 11.5. The van der Waals surface area contributed by atoms with Gasteiger partial charge in [-0.3, -0.25) is 9.89 Å². The first kappa shape index (κ1) is 21.9. The number of hydrogen-bond donors (Lipinski definition) is 2. The predicted octanol–water partition coefficient (Wildman–Crippen LogP) is 4.09. The van der Waals surface area contributed by atoms with Crippen LogP contribution in [0.4, 0.5) is 5.00 Å². The van der Waals surface area contributed by atoms with Crippen LogP contribution in [0.25, 0.3) is 29.6 Å². The molecule has 0 aliphatic rings. The summed E-state index contributed by atoms with van der Waals surface area (Å²) in [6.45, 7) is 5.98. The molecule has 0 amide bonds. The van der Waals surface area contributed by atoms with Crippen LogP contribution in [0.1, 0.15) is 17.3 Å². The number of rotatable bonds is 6. The molecule has 2 aromatic heterocycles. The molecule has 0 saturated carbocycles. The van der Waals surface area contributed by atoms with E-state index >= 15 is 0 Å². The van der Waals surface area contributed by atoms with Gasteiger partial charge in [-0.05, 0) is 36.8 Å². The number of thiophene rings is 1. The second kappa shape index (κ2) is 9.42. The molecule has 0 aliphatic heterocycles.